The Labute approximate surface area is 210 Å². The molecular weight excluding hydrogens is 432 g/mol. The third-order valence-corrected chi connectivity index (χ3v) is 6.27. The predicted octanol–water partition coefficient (Wildman–Crippen LogP) is 6.24. The van der Waals surface area contributed by atoms with E-state index in [1.807, 2.05) is 95.3 Å². The molecule has 0 radical (unpaired) electrons. The summed E-state index contributed by atoms with van der Waals surface area (Å²) in [7, 11) is 0. The smallest absolute Gasteiger partial charge is 0.243 e. The Morgan fingerprint density at radius 3 is 1.83 bits per heavy atom. The van der Waals surface area contributed by atoms with Gasteiger partial charge in [-0.15, -0.1) is 0 Å². The number of benzene rings is 3. The second kappa shape index (κ2) is 11.8. The van der Waals surface area contributed by atoms with Crippen molar-refractivity contribution in [1.29, 1.82) is 0 Å². The van der Waals surface area contributed by atoms with Gasteiger partial charge in [0, 0.05) is 24.4 Å². The number of aryl methyl sites for hydroxylation is 1. The topological polar surface area (TPSA) is 49.4 Å². The highest BCUT2D eigenvalue weighted by Gasteiger charge is 2.32. The quantitative estimate of drug-likeness (QED) is 0.402. The van der Waals surface area contributed by atoms with Crippen molar-refractivity contribution in [2.24, 2.45) is 0 Å². The zero-order chi connectivity index (χ0) is 25.4. The predicted molar refractivity (Wildman–Crippen MR) is 143 cm³/mol. The molecule has 0 aliphatic carbocycles. The summed E-state index contributed by atoms with van der Waals surface area (Å²) in [5, 5.41) is 3.09. The molecule has 0 saturated heterocycles. The Morgan fingerprint density at radius 1 is 0.829 bits per heavy atom. The van der Waals surface area contributed by atoms with Crippen LogP contribution >= 0.6 is 0 Å². The fourth-order valence-corrected chi connectivity index (χ4v) is 4.43. The minimum absolute atomic E-state index is 0.0260. The molecule has 0 spiro atoms. The Hall–Kier alpha value is -3.40. The van der Waals surface area contributed by atoms with Gasteiger partial charge in [-0.05, 0) is 56.4 Å². The van der Waals surface area contributed by atoms with Crippen LogP contribution in [0.4, 0.5) is 0 Å². The molecule has 2 amide bonds. The van der Waals surface area contributed by atoms with Crippen molar-refractivity contribution in [3.05, 3.63) is 107 Å². The van der Waals surface area contributed by atoms with Gasteiger partial charge in [0.05, 0.1) is 0 Å². The SMILES string of the molecule is CCC(C(=O)NC(C)(C)C)N(Cc1ccccc1C)C(=O)CC(c1ccccc1)c1ccccc1. The van der Waals surface area contributed by atoms with E-state index in [0.29, 0.717) is 19.4 Å². The lowest BCUT2D eigenvalue weighted by atomic mass is 9.88. The van der Waals surface area contributed by atoms with Gasteiger partial charge in [-0.2, -0.15) is 0 Å². The van der Waals surface area contributed by atoms with E-state index in [4.69, 9.17) is 0 Å². The van der Waals surface area contributed by atoms with Crippen LogP contribution in [0.5, 0.6) is 0 Å². The molecule has 4 heteroatoms. The molecule has 1 N–H and O–H groups in total. The van der Waals surface area contributed by atoms with Crippen molar-refractivity contribution in [1.82, 2.24) is 10.2 Å². The van der Waals surface area contributed by atoms with E-state index < -0.39 is 6.04 Å². The van der Waals surface area contributed by atoms with Crippen molar-refractivity contribution in [2.45, 2.75) is 71.5 Å². The average Bonchev–Trinajstić information content (AvgIpc) is 2.83. The molecule has 0 fully saturated rings. The number of amides is 2. The van der Waals surface area contributed by atoms with Crippen molar-refractivity contribution in [2.75, 3.05) is 0 Å². The van der Waals surface area contributed by atoms with E-state index in [0.717, 1.165) is 22.3 Å². The Bertz CT molecular complexity index is 1060. The summed E-state index contributed by atoms with van der Waals surface area (Å²) in [5.41, 5.74) is 3.97. The number of carbonyl (C=O) groups excluding carboxylic acids is 2. The molecule has 0 aliphatic rings. The van der Waals surface area contributed by atoms with Gasteiger partial charge < -0.3 is 10.2 Å². The van der Waals surface area contributed by atoms with Crippen molar-refractivity contribution in [3.63, 3.8) is 0 Å². The molecule has 35 heavy (non-hydrogen) atoms. The summed E-state index contributed by atoms with van der Waals surface area (Å²) in [5.74, 6) is -0.229. The van der Waals surface area contributed by atoms with Crippen LogP contribution in [0.1, 0.15) is 68.7 Å². The molecule has 3 aromatic carbocycles. The van der Waals surface area contributed by atoms with Crippen LogP contribution in [0.3, 0.4) is 0 Å². The molecule has 1 unspecified atom stereocenters. The van der Waals surface area contributed by atoms with Crippen LogP contribution in [-0.2, 0) is 16.1 Å². The first-order chi connectivity index (χ1) is 16.7. The van der Waals surface area contributed by atoms with E-state index in [1.54, 1.807) is 4.90 Å². The van der Waals surface area contributed by atoms with E-state index >= 15 is 0 Å². The third kappa shape index (κ3) is 7.29. The molecule has 3 rings (SSSR count). The molecule has 184 valence electrons. The summed E-state index contributed by atoms with van der Waals surface area (Å²) >= 11 is 0. The van der Waals surface area contributed by atoms with E-state index in [9.17, 15) is 9.59 Å². The molecule has 3 aromatic rings. The number of rotatable bonds is 9. The largest absolute Gasteiger partial charge is 0.350 e. The fraction of sp³-hybridized carbons (Fsp3) is 0.355. The van der Waals surface area contributed by atoms with E-state index in [2.05, 4.69) is 29.6 Å². The molecule has 0 bridgehead atoms. The summed E-state index contributed by atoms with van der Waals surface area (Å²) < 4.78 is 0. The maximum absolute atomic E-state index is 14.0. The number of hydrogen-bond acceptors (Lipinski definition) is 2. The molecule has 0 saturated carbocycles. The normalized spacial score (nSPS) is 12.3. The van der Waals surface area contributed by atoms with Crippen LogP contribution in [0.25, 0.3) is 0 Å². The first kappa shape index (κ1) is 26.2. The van der Waals surface area contributed by atoms with Gasteiger partial charge in [-0.3, -0.25) is 9.59 Å². The number of nitrogens with one attached hydrogen (secondary N) is 1. The molecule has 1 atom stereocenters. The lowest BCUT2D eigenvalue weighted by Gasteiger charge is -2.34. The highest BCUT2D eigenvalue weighted by atomic mass is 16.2. The van der Waals surface area contributed by atoms with Gasteiger partial charge in [0.15, 0.2) is 0 Å². The summed E-state index contributed by atoms with van der Waals surface area (Å²) in [6.45, 7) is 10.3. The summed E-state index contributed by atoms with van der Waals surface area (Å²) in [6.07, 6.45) is 0.833. The van der Waals surface area contributed by atoms with Gasteiger partial charge in [-0.25, -0.2) is 0 Å². The molecule has 0 aromatic heterocycles. The Balaban J connectivity index is 1.98. The van der Waals surface area contributed by atoms with Gasteiger partial charge in [0.1, 0.15) is 6.04 Å². The van der Waals surface area contributed by atoms with Crippen molar-refractivity contribution >= 4 is 11.8 Å². The second-order valence-electron chi connectivity index (χ2n) is 10.2. The van der Waals surface area contributed by atoms with Crippen LogP contribution in [0.15, 0.2) is 84.9 Å². The van der Waals surface area contributed by atoms with Gasteiger partial charge in [0.2, 0.25) is 11.8 Å². The second-order valence-corrected chi connectivity index (χ2v) is 10.2. The zero-order valence-electron chi connectivity index (χ0n) is 21.6. The number of nitrogens with zero attached hydrogens (tertiary/aromatic N) is 1. The lowest BCUT2D eigenvalue weighted by molar-refractivity contribution is -0.142. The van der Waals surface area contributed by atoms with Crippen LogP contribution in [0, 0.1) is 6.92 Å². The van der Waals surface area contributed by atoms with Gasteiger partial charge in [-0.1, -0.05) is 91.9 Å². The highest BCUT2D eigenvalue weighted by molar-refractivity contribution is 5.88. The van der Waals surface area contributed by atoms with Crippen molar-refractivity contribution < 1.29 is 9.59 Å². The fourth-order valence-electron chi connectivity index (χ4n) is 4.43. The van der Waals surface area contributed by atoms with Gasteiger partial charge >= 0.3 is 0 Å². The lowest BCUT2D eigenvalue weighted by Crippen LogP contribution is -2.53. The van der Waals surface area contributed by atoms with Crippen molar-refractivity contribution in [3.8, 4) is 0 Å². The minimum Gasteiger partial charge on any atom is -0.350 e. The maximum atomic E-state index is 14.0. The first-order valence-electron chi connectivity index (χ1n) is 12.5. The van der Waals surface area contributed by atoms with Crippen LogP contribution in [-0.4, -0.2) is 28.3 Å². The Kier molecular flexibility index (Phi) is 8.86. The van der Waals surface area contributed by atoms with Gasteiger partial charge in [0.25, 0.3) is 0 Å². The third-order valence-electron chi connectivity index (χ3n) is 6.27. The first-order valence-corrected chi connectivity index (χ1v) is 12.5. The summed E-state index contributed by atoms with van der Waals surface area (Å²) in [4.78, 5) is 29.1. The Morgan fingerprint density at radius 2 is 1.34 bits per heavy atom. The summed E-state index contributed by atoms with van der Waals surface area (Å²) in [6, 6.07) is 27.8. The minimum atomic E-state index is -0.548. The van der Waals surface area contributed by atoms with Crippen LogP contribution in [0.2, 0.25) is 0 Å². The monoisotopic (exact) mass is 470 g/mol. The highest BCUT2D eigenvalue weighted by Crippen LogP contribution is 2.30. The van der Waals surface area contributed by atoms with E-state index in [-0.39, 0.29) is 23.3 Å². The average molecular weight is 471 g/mol. The van der Waals surface area contributed by atoms with E-state index in [1.165, 1.54) is 0 Å². The molecule has 0 heterocycles. The maximum Gasteiger partial charge on any atom is 0.243 e. The molecule has 0 aliphatic heterocycles. The van der Waals surface area contributed by atoms with Crippen LogP contribution < -0.4 is 5.32 Å². The number of hydrogen-bond donors (Lipinski definition) is 1. The number of carbonyl (C=O) groups is 2. The molecular formula is C31H38N2O2. The standard InChI is InChI=1S/C31H38N2O2/c1-6-28(30(35)32-31(3,4)5)33(22-26-20-14-13-15-23(26)2)29(34)21-27(24-16-9-7-10-17-24)25-18-11-8-12-19-25/h7-20,27-28H,6,21-22H2,1-5H3,(H,32,35). The molecule has 4 nitrogen and oxygen atoms in total. The zero-order valence-corrected chi connectivity index (χ0v) is 21.6.